The quantitative estimate of drug-likeness (QED) is 0.842. The van der Waals surface area contributed by atoms with Crippen LogP contribution in [-0.2, 0) is 9.59 Å². The zero-order valence-corrected chi connectivity index (χ0v) is 13.4. The van der Waals surface area contributed by atoms with Crippen LogP contribution in [0.1, 0.15) is 18.4 Å². The van der Waals surface area contributed by atoms with Crippen LogP contribution >= 0.6 is 11.6 Å². The Bertz CT molecular complexity index is 638. The van der Waals surface area contributed by atoms with Crippen LogP contribution < -0.4 is 5.32 Å². The molecule has 1 fully saturated rings. The van der Waals surface area contributed by atoms with Gasteiger partial charge in [0.2, 0.25) is 5.91 Å². The summed E-state index contributed by atoms with van der Waals surface area (Å²) in [4.78, 5) is 24.5. The van der Waals surface area contributed by atoms with Gasteiger partial charge in [-0.1, -0.05) is 23.7 Å². The van der Waals surface area contributed by atoms with Crippen LogP contribution in [0.5, 0.6) is 0 Å². The van der Waals surface area contributed by atoms with E-state index >= 15 is 0 Å². The Labute approximate surface area is 142 Å². The van der Waals surface area contributed by atoms with Gasteiger partial charge in [-0.2, -0.15) is 13.2 Å². The number of amides is 2. The van der Waals surface area contributed by atoms with Crippen LogP contribution in [0.2, 0.25) is 5.02 Å². The normalized spacial score (nSPS) is 16.4. The van der Waals surface area contributed by atoms with Crippen LogP contribution in [0, 0.1) is 0 Å². The number of halogens is 4. The van der Waals surface area contributed by atoms with Gasteiger partial charge in [0.05, 0.1) is 0 Å². The lowest BCUT2D eigenvalue weighted by atomic mass is 10.0. The lowest BCUT2D eigenvalue weighted by Gasteiger charge is -2.31. The molecule has 0 aliphatic carbocycles. The lowest BCUT2D eigenvalue weighted by Crippen LogP contribution is -2.49. The number of likely N-dealkylation sites (tertiary alicyclic amines) is 1. The third-order valence-corrected chi connectivity index (χ3v) is 3.90. The van der Waals surface area contributed by atoms with E-state index in [2.05, 4.69) is 0 Å². The molecule has 24 heavy (non-hydrogen) atoms. The van der Waals surface area contributed by atoms with Crippen molar-refractivity contribution < 1.29 is 22.8 Å². The molecule has 130 valence electrons. The summed E-state index contributed by atoms with van der Waals surface area (Å²) >= 11 is 5.85. The standard InChI is InChI=1S/C16H16ClF3N2O2/c17-12-3-1-2-11(10-12)4-5-14(23)22-8-6-13(7-9-22)21-15(24)16(18,19)20/h1-5,10,13H,6-9H2,(H,21,24)/b5-4+. The molecule has 1 aromatic rings. The Balaban J connectivity index is 1.83. The van der Waals surface area contributed by atoms with Crippen LogP contribution in [0.4, 0.5) is 13.2 Å². The summed E-state index contributed by atoms with van der Waals surface area (Å²) in [7, 11) is 0. The van der Waals surface area contributed by atoms with Gasteiger partial charge in [0, 0.05) is 30.2 Å². The average molecular weight is 361 g/mol. The molecule has 0 bridgehead atoms. The summed E-state index contributed by atoms with van der Waals surface area (Å²) in [6.45, 7) is 0.586. The second-order valence-electron chi connectivity index (χ2n) is 5.46. The summed E-state index contributed by atoms with van der Waals surface area (Å²) in [5.74, 6) is -2.16. The van der Waals surface area contributed by atoms with E-state index in [-0.39, 0.29) is 5.91 Å². The molecule has 2 amide bonds. The predicted octanol–water partition coefficient (Wildman–Crippen LogP) is 3.02. The van der Waals surface area contributed by atoms with E-state index in [1.807, 2.05) is 5.32 Å². The van der Waals surface area contributed by atoms with E-state index in [4.69, 9.17) is 11.6 Å². The molecule has 1 aromatic carbocycles. The van der Waals surface area contributed by atoms with Crippen LogP contribution in [0.15, 0.2) is 30.3 Å². The smallest absolute Gasteiger partial charge is 0.345 e. The largest absolute Gasteiger partial charge is 0.471 e. The maximum Gasteiger partial charge on any atom is 0.471 e. The van der Waals surface area contributed by atoms with E-state index in [9.17, 15) is 22.8 Å². The number of alkyl halides is 3. The van der Waals surface area contributed by atoms with E-state index in [1.54, 1.807) is 30.3 Å². The molecule has 4 nitrogen and oxygen atoms in total. The first-order valence-corrected chi connectivity index (χ1v) is 7.74. The van der Waals surface area contributed by atoms with Gasteiger partial charge >= 0.3 is 12.1 Å². The average Bonchev–Trinajstić information content (AvgIpc) is 2.52. The Morgan fingerprint density at radius 1 is 1.25 bits per heavy atom. The fourth-order valence-corrected chi connectivity index (χ4v) is 2.59. The molecule has 8 heteroatoms. The van der Waals surface area contributed by atoms with Crippen LogP contribution in [-0.4, -0.2) is 42.0 Å². The van der Waals surface area contributed by atoms with Gasteiger partial charge in [-0.15, -0.1) is 0 Å². The molecular weight excluding hydrogens is 345 g/mol. The maximum absolute atomic E-state index is 12.2. The summed E-state index contributed by atoms with van der Waals surface area (Å²) in [5, 5.41) is 2.51. The van der Waals surface area contributed by atoms with E-state index in [0.29, 0.717) is 31.0 Å². The highest BCUT2D eigenvalue weighted by atomic mass is 35.5. The Hall–Kier alpha value is -2.02. The van der Waals surface area contributed by atoms with Crippen LogP contribution in [0.3, 0.4) is 0 Å². The summed E-state index contributed by atoms with van der Waals surface area (Å²) in [6, 6.07) is 6.43. The van der Waals surface area contributed by atoms with Crippen molar-refractivity contribution in [2.45, 2.75) is 25.1 Å². The van der Waals surface area contributed by atoms with Gasteiger partial charge in [-0.25, -0.2) is 0 Å². The fourth-order valence-electron chi connectivity index (χ4n) is 2.39. The molecule has 0 atom stereocenters. The first-order chi connectivity index (χ1) is 11.3. The maximum atomic E-state index is 12.2. The number of nitrogens with zero attached hydrogens (tertiary/aromatic N) is 1. The highest BCUT2D eigenvalue weighted by Crippen LogP contribution is 2.18. The lowest BCUT2D eigenvalue weighted by molar-refractivity contribution is -0.174. The van der Waals surface area contributed by atoms with Crippen molar-refractivity contribution in [2.75, 3.05) is 13.1 Å². The molecule has 1 N–H and O–H groups in total. The monoisotopic (exact) mass is 360 g/mol. The third kappa shape index (κ3) is 5.26. The minimum Gasteiger partial charge on any atom is -0.345 e. The molecule has 1 aliphatic rings. The Kier molecular flexibility index (Phi) is 5.88. The Morgan fingerprint density at radius 2 is 1.92 bits per heavy atom. The minimum atomic E-state index is -4.88. The number of hydrogen-bond acceptors (Lipinski definition) is 2. The second kappa shape index (κ2) is 7.70. The SMILES string of the molecule is O=C(/C=C/c1cccc(Cl)c1)N1CCC(NC(=O)C(F)(F)F)CC1. The topological polar surface area (TPSA) is 49.4 Å². The number of nitrogens with one attached hydrogen (secondary N) is 1. The molecule has 1 heterocycles. The van der Waals surface area contributed by atoms with Gasteiger partial charge in [0.15, 0.2) is 0 Å². The summed E-state index contributed by atoms with van der Waals surface area (Å²) in [6.07, 6.45) is -1.27. The first-order valence-electron chi connectivity index (χ1n) is 7.36. The molecule has 0 radical (unpaired) electrons. The predicted molar refractivity (Wildman–Crippen MR) is 84.3 cm³/mol. The van der Waals surface area contributed by atoms with Crippen molar-refractivity contribution in [1.29, 1.82) is 0 Å². The number of hydrogen-bond donors (Lipinski definition) is 1. The van der Waals surface area contributed by atoms with Crippen molar-refractivity contribution >= 4 is 29.5 Å². The summed E-state index contributed by atoms with van der Waals surface area (Å²) < 4.78 is 36.6. The Morgan fingerprint density at radius 3 is 2.50 bits per heavy atom. The highest BCUT2D eigenvalue weighted by Gasteiger charge is 2.40. The van der Waals surface area contributed by atoms with Crippen molar-refractivity contribution in [3.63, 3.8) is 0 Å². The molecule has 0 unspecified atom stereocenters. The molecule has 0 aromatic heterocycles. The number of benzene rings is 1. The van der Waals surface area contributed by atoms with Crippen molar-refractivity contribution in [3.05, 3.63) is 40.9 Å². The number of rotatable bonds is 3. The number of piperidine rings is 1. The molecule has 0 saturated carbocycles. The fraction of sp³-hybridized carbons (Fsp3) is 0.375. The molecule has 0 spiro atoms. The van der Waals surface area contributed by atoms with Crippen molar-refractivity contribution in [2.24, 2.45) is 0 Å². The molecule has 2 rings (SSSR count). The van der Waals surface area contributed by atoms with E-state index in [1.165, 1.54) is 11.0 Å². The summed E-state index contributed by atoms with van der Waals surface area (Å²) in [5.41, 5.74) is 0.781. The van der Waals surface area contributed by atoms with Gasteiger partial charge in [-0.3, -0.25) is 9.59 Å². The number of carbonyl (C=O) groups excluding carboxylic acids is 2. The van der Waals surface area contributed by atoms with Gasteiger partial charge < -0.3 is 10.2 Å². The van der Waals surface area contributed by atoms with Crippen molar-refractivity contribution in [3.8, 4) is 0 Å². The highest BCUT2D eigenvalue weighted by molar-refractivity contribution is 6.30. The van der Waals surface area contributed by atoms with E-state index < -0.39 is 18.1 Å². The van der Waals surface area contributed by atoms with Crippen LogP contribution in [0.25, 0.3) is 6.08 Å². The van der Waals surface area contributed by atoms with Gasteiger partial charge in [0.25, 0.3) is 0 Å². The van der Waals surface area contributed by atoms with Gasteiger partial charge in [-0.05, 0) is 36.6 Å². The van der Waals surface area contributed by atoms with E-state index in [0.717, 1.165) is 5.56 Å². The molecular formula is C16H16ClF3N2O2. The number of carbonyl (C=O) groups is 2. The third-order valence-electron chi connectivity index (χ3n) is 3.67. The van der Waals surface area contributed by atoms with Gasteiger partial charge in [0.1, 0.15) is 0 Å². The minimum absolute atomic E-state index is 0.226. The molecule has 1 aliphatic heterocycles. The molecule has 1 saturated heterocycles. The first kappa shape index (κ1) is 18.3. The van der Waals surface area contributed by atoms with Crippen molar-refractivity contribution in [1.82, 2.24) is 10.2 Å². The second-order valence-corrected chi connectivity index (χ2v) is 5.90. The zero-order valence-electron chi connectivity index (χ0n) is 12.6. The zero-order chi connectivity index (χ0) is 17.7.